The molecule has 1 aromatic carbocycles. The van der Waals surface area contributed by atoms with Gasteiger partial charge in [-0.15, -0.1) is 0 Å². The first-order chi connectivity index (χ1) is 13.4. The summed E-state index contributed by atoms with van der Waals surface area (Å²) in [6.07, 6.45) is 3.43. The molecule has 1 unspecified atom stereocenters. The lowest BCUT2D eigenvalue weighted by molar-refractivity contribution is -0.132. The molecule has 7 nitrogen and oxygen atoms in total. The fourth-order valence-corrected chi connectivity index (χ4v) is 3.82. The van der Waals surface area contributed by atoms with E-state index in [2.05, 4.69) is 12.0 Å². The van der Waals surface area contributed by atoms with Crippen molar-refractivity contribution in [3.05, 3.63) is 47.3 Å². The van der Waals surface area contributed by atoms with E-state index in [9.17, 15) is 14.7 Å². The van der Waals surface area contributed by atoms with Crippen molar-refractivity contribution in [2.24, 2.45) is 0 Å². The second-order valence-corrected chi connectivity index (χ2v) is 7.39. The third kappa shape index (κ3) is 4.18. The maximum Gasteiger partial charge on any atom is 0.339 e. The quantitative estimate of drug-likeness (QED) is 0.825. The van der Waals surface area contributed by atoms with Crippen molar-refractivity contribution in [3.8, 4) is 5.75 Å². The second kappa shape index (κ2) is 8.46. The van der Waals surface area contributed by atoms with Gasteiger partial charge in [0, 0.05) is 19.5 Å². The first-order valence-electron chi connectivity index (χ1n) is 9.59. The van der Waals surface area contributed by atoms with Crippen LogP contribution in [0.4, 0.5) is 0 Å². The van der Waals surface area contributed by atoms with E-state index in [1.807, 2.05) is 29.2 Å². The molecule has 3 rings (SSSR count). The van der Waals surface area contributed by atoms with Crippen molar-refractivity contribution in [1.29, 1.82) is 0 Å². The number of aromatic nitrogens is 2. The lowest BCUT2D eigenvalue weighted by atomic mass is 9.96. The molecule has 7 heteroatoms. The molecule has 1 aliphatic heterocycles. The summed E-state index contributed by atoms with van der Waals surface area (Å²) < 4.78 is 7.06. The van der Waals surface area contributed by atoms with Gasteiger partial charge in [0.15, 0.2) is 0 Å². The number of nitrogens with zero attached hydrogens (tertiary/aromatic N) is 3. The van der Waals surface area contributed by atoms with Crippen LogP contribution in [0, 0.1) is 6.92 Å². The van der Waals surface area contributed by atoms with Crippen molar-refractivity contribution >= 4 is 11.9 Å². The van der Waals surface area contributed by atoms with Crippen LogP contribution >= 0.6 is 0 Å². The van der Waals surface area contributed by atoms with Gasteiger partial charge in [-0.25, -0.2) is 4.79 Å². The summed E-state index contributed by atoms with van der Waals surface area (Å²) in [5.41, 5.74) is 2.01. The number of carboxylic acid groups (broad SMARTS) is 1. The molecular weight excluding hydrogens is 358 g/mol. The van der Waals surface area contributed by atoms with E-state index in [0.29, 0.717) is 25.2 Å². The van der Waals surface area contributed by atoms with Crippen LogP contribution in [-0.2, 0) is 4.79 Å². The Labute approximate surface area is 164 Å². The third-order valence-corrected chi connectivity index (χ3v) is 5.58. The Balaban J connectivity index is 1.57. The lowest BCUT2D eigenvalue weighted by Crippen LogP contribution is -2.39. The van der Waals surface area contributed by atoms with Gasteiger partial charge in [-0.3, -0.25) is 9.48 Å². The minimum absolute atomic E-state index is 0.117. The summed E-state index contributed by atoms with van der Waals surface area (Å²) in [5, 5.41) is 13.4. The highest BCUT2D eigenvalue weighted by Gasteiger charge is 2.27. The average Bonchev–Trinajstić information content (AvgIpc) is 3.09. The first-order valence-corrected chi connectivity index (χ1v) is 9.59. The van der Waals surface area contributed by atoms with E-state index in [-0.39, 0.29) is 23.4 Å². The number of piperidine rings is 1. The molecule has 150 valence electrons. The van der Waals surface area contributed by atoms with Gasteiger partial charge >= 0.3 is 5.97 Å². The van der Waals surface area contributed by atoms with Crippen LogP contribution in [0.1, 0.15) is 59.8 Å². The number of methoxy groups -OCH3 is 1. The number of hydrogen-bond acceptors (Lipinski definition) is 4. The van der Waals surface area contributed by atoms with E-state index in [4.69, 9.17) is 4.74 Å². The number of likely N-dealkylation sites (tertiary alicyclic amines) is 1. The van der Waals surface area contributed by atoms with E-state index >= 15 is 0 Å². The number of benzene rings is 1. The predicted octanol–water partition coefficient (Wildman–Crippen LogP) is 3.26. The number of carboxylic acids is 1. The maximum atomic E-state index is 12.7. The van der Waals surface area contributed by atoms with E-state index in [1.54, 1.807) is 18.7 Å². The number of aromatic carboxylic acids is 1. The molecule has 0 radical (unpaired) electrons. The largest absolute Gasteiger partial charge is 0.497 e. The Hall–Kier alpha value is -2.83. The molecule has 1 aliphatic rings. The van der Waals surface area contributed by atoms with Crippen molar-refractivity contribution in [2.45, 2.75) is 45.1 Å². The standard InChI is InChI=1S/C21H27N3O4/c1-14(16-5-4-6-18(12-16)28-3)11-20(25)23-9-7-17(8-10-23)24-15(2)19(13-22-24)21(26)27/h4-6,12-14,17H,7-11H2,1-3H3,(H,26,27). The van der Waals surface area contributed by atoms with E-state index < -0.39 is 5.97 Å². The van der Waals surface area contributed by atoms with Crippen LogP contribution in [0.25, 0.3) is 0 Å². The summed E-state index contributed by atoms with van der Waals surface area (Å²) in [5.74, 6) is 0.111. The van der Waals surface area contributed by atoms with Gasteiger partial charge in [0.05, 0.1) is 25.0 Å². The molecule has 0 spiro atoms. The van der Waals surface area contributed by atoms with Crippen LogP contribution in [0.2, 0.25) is 0 Å². The molecule has 0 saturated carbocycles. The molecule has 2 aromatic rings. The third-order valence-electron chi connectivity index (χ3n) is 5.58. The van der Waals surface area contributed by atoms with Crippen LogP contribution < -0.4 is 4.74 Å². The summed E-state index contributed by atoms with van der Waals surface area (Å²) in [7, 11) is 1.64. The second-order valence-electron chi connectivity index (χ2n) is 7.39. The molecule has 2 heterocycles. The number of ether oxygens (including phenoxy) is 1. The molecule has 1 aromatic heterocycles. The van der Waals surface area contributed by atoms with Crippen LogP contribution in [0.15, 0.2) is 30.5 Å². The van der Waals surface area contributed by atoms with Gasteiger partial charge in [0.1, 0.15) is 11.3 Å². The first kappa shape index (κ1) is 19.9. The summed E-state index contributed by atoms with van der Waals surface area (Å²) in [4.78, 5) is 25.8. The van der Waals surface area contributed by atoms with Gasteiger partial charge in [-0.1, -0.05) is 19.1 Å². The minimum atomic E-state index is -0.956. The fraction of sp³-hybridized carbons (Fsp3) is 0.476. The highest BCUT2D eigenvalue weighted by molar-refractivity contribution is 5.88. The van der Waals surface area contributed by atoms with Crippen molar-refractivity contribution in [2.75, 3.05) is 20.2 Å². The van der Waals surface area contributed by atoms with E-state index in [0.717, 1.165) is 24.2 Å². The van der Waals surface area contributed by atoms with Crippen LogP contribution in [-0.4, -0.2) is 51.9 Å². The zero-order valence-corrected chi connectivity index (χ0v) is 16.6. The molecule has 0 aliphatic carbocycles. The number of hydrogen-bond donors (Lipinski definition) is 1. The Kier molecular flexibility index (Phi) is 6.02. The van der Waals surface area contributed by atoms with Crippen molar-refractivity contribution < 1.29 is 19.4 Å². The van der Waals surface area contributed by atoms with Gasteiger partial charge in [-0.2, -0.15) is 5.10 Å². The van der Waals surface area contributed by atoms with Crippen LogP contribution in [0.5, 0.6) is 5.75 Å². The average molecular weight is 385 g/mol. The topological polar surface area (TPSA) is 84.7 Å². The molecule has 1 fully saturated rings. The van der Waals surface area contributed by atoms with Gasteiger partial charge in [0.25, 0.3) is 0 Å². The van der Waals surface area contributed by atoms with Crippen molar-refractivity contribution in [1.82, 2.24) is 14.7 Å². The van der Waals surface area contributed by atoms with E-state index in [1.165, 1.54) is 6.20 Å². The Morgan fingerprint density at radius 3 is 2.64 bits per heavy atom. The SMILES string of the molecule is COc1cccc(C(C)CC(=O)N2CCC(n3ncc(C(=O)O)c3C)CC2)c1. The number of carbonyl (C=O) groups excluding carboxylic acids is 1. The number of carbonyl (C=O) groups is 2. The molecule has 1 amide bonds. The zero-order chi connectivity index (χ0) is 20.3. The number of amides is 1. The summed E-state index contributed by atoms with van der Waals surface area (Å²) in [6, 6.07) is 7.97. The molecule has 1 atom stereocenters. The Morgan fingerprint density at radius 2 is 2.04 bits per heavy atom. The summed E-state index contributed by atoms with van der Waals surface area (Å²) in [6.45, 7) is 5.16. The maximum absolute atomic E-state index is 12.7. The molecule has 1 saturated heterocycles. The predicted molar refractivity (Wildman–Crippen MR) is 105 cm³/mol. The highest BCUT2D eigenvalue weighted by atomic mass is 16.5. The van der Waals surface area contributed by atoms with Gasteiger partial charge < -0.3 is 14.7 Å². The molecule has 28 heavy (non-hydrogen) atoms. The van der Waals surface area contributed by atoms with Gasteiger partial charge in [-0.05, 0) is 43.4 Å². The normalized spacial score (nSPS) is 16.0. The Bertz CT molecular complexity index is 853. The molecule has 1 N–H and O–H groups in total. The fourth-order valence-electron chi connectivity index (χ4n) is 3.82. The van der Waals surface area contributed by atoms with Gasteiger partial charge in [0.2, 0.25) is 5.91 Å². The Morgan fingerprint density at radius 1 is 1.32 bits per heavy atom. The monoisotopic (exact) mass is 385 g/mol. The smallest absolute Gasteiger partial charge is 0.339 e. The molecular formula is C21H27N3O4. The number of rotatable bonds is 6. The molecule has 0 bridgehead atoms. The van der Waals surface area contributed by atoms with Crippen LogP contribution in [0.3, 0.4) is 0 Å². The van der Waals surface area contributed by atoms with Crippen molar-refractivity contribution in [3.63, 3.8) is 0 Å². The lowest BCUT2D eigenvalue weighted by Gasteiger charge is -2.33. The highest BCUT2D eigenvalue weighted by Crippen LogP contribution is 2.27. The zero-order valence-electron chi connectivity index (χ0n) is 16.6. The summed E-state index contributed by atoms with van der Waals surface area (Å²) >= 11 is 0. The minimum Gasteiger partial charge on any atom is -0.497 e.